The van der Waals surface area contributed by atoms with Gasteiger partial charge in [-0.15, -0.1) is 5.10 Å². The Balaban J connectivity index is 1.68. The molecule has 9 heteroatoms. The Hall–Kier alpha value is -3.36. The summed E-state index contributed by atoms with van der Waals surface area (Å²) in [5.74, 6) is 1.29. The third kappa shape index (κ3) is 4.56. The number of amides is 1. The number of methoxy groups -OCH3 is 1. The summed E-state index contributed by atoms with van der Waals surface area (Å²) in [7, 11) is 3.32. The fourth-order valence-electron chi connectivity index (χ4n) is 2.59. The van der Waals surface area contributed by atoms with Crippen molar-refractivity contribution in [3.63, 3.8) is 0 Å². The Morgan fingerprint density at radius 1 is 1.24 bits per heavy atom. The minimum absolute atomic E-state index is 0.230. The molecule has 154 valence electrons. The molecule has 0 fully saturated rings. The number of nitrogens with one attached hydrogen (secondary N) is 1. The first-order chi connectivity index (χ1) is 13.8. The van der Waals surface area contributed by atoms with Crippen LogP contribution in [0.4, 0.5) is 10.6 Å². The Labute approximate surface area is 169 Å². The van der Waals surface area contributed by atoms with Gasteiger partial charge in [0.2, 0.25) is 0 Å². The van der Waals surface area contributed by atoms with Gasteiger partial charge in [0.15, 0.2) is 5.65 Å². The average molecular weight is 398 g/mol. The molecule has 0 atom stereocenters. The highest BCUT2D eigenvalue weighted by atomic mass is 16.6. The molecule has 3 heterocycles. The molecule has 0 spiro atoms. The third-order valence-electron chi connectivity index (χ3n) is 4.56. The maximum absolute atomic E-state index is 12.0. The molecule has 29 heavy (non-hydrogen) atoms. The molecule has 1 N–H and O–H groups in total. The van der Waals surface area contributed by atoms with E-state index in [0.29, 0.717) is 23.8 Å². The van der Waals surface area contributed by atoms with E-state index in [1.54, 1.807) is 42.2 Å². The first kappa shape index (κ1) is 20.4. The van der Waals surface area contributed by atoms with E-state index in [9.17, 15) is 4.79 Å². The first-order valence-corrected chi connectivity index (χ1v) is 9.29. The largest absolute Gasteiger partial charge is 0.494 e. The Kier molecular flexibility index (Phi) is 5.86. The van der Waals surface area contributed by atoms with Crippen LogP contribution in [0, 0.1) is 0 Å². The van der Waals surface area contributed by atoms with Gasteiger partial charge in [-0.3, -0.25) is 4.98 Å². The van der Waals surface area contributed by atoms with Crippen LogP contribution >= 0.6 is 0 Å². The molecule has 3 aromatic heterocycles. The zero-order valence-electron chi connectivity index (χ0n) is 17.3. The molecule has 9 nitrogen and oxygen atoms in total. The molecular formula is C20H26N6O3. The van der Waals surface area contributed by atoms with Gasteiger partial charge in [-0.25, -0.2) is 14.3 Å². The second-order valence-electron chi connectivity index (χ2n) is 7.48. The quantitative estimate of drug-likeness (QED) is 0.638. The van der Waals surface area contributed by atoms with Gasteiger partial charge in [0.25, 0.3) is 0 Å². The molecule has 3 rings (SSSR count). The summed E-state index contributed by atoms with van der Waals surface area (Å²) in [6.07, 6.45) is 4.74. The van der Waals surface area contributed by atoms with Gasteiger partial charge < -0.3 is 19.7 Å². The number of rotatable bonds is 6. The summed E-state index contributed by atoms with van der Waals surface area (Å²) >= 11 is 0. The maximum Gasteiger partial charge on any atom is 0.409 e. The van der Waals surface area contributed by atoms with Crippen molar-refractivity contribution < 1.29 is 14.3 Å². The second-order valence-corrected chi connectivity index (χ2v) is 7.48. The van der Waals surface area contributed by atoms with Gasteiger partial charge >= 0.3 is 6.09 Å². The summed E-state index contributed by atoms with van der Waals surface area (Å²) in [5, 5.41) is 7.76. The van der Waals surface area contributed by atoms with E-state index in [1.165, 1.54) is 0 Å². The van der Waals surface area contributed by atoms with E-state index >= 15 is 0 Å². The zero-order chi connectivity index (χ0) is 21.0. The van der Waals surface area contributed by atoms with E-state index in [0.717, 1.165) is 11.3 Å². The van der Waals surface area contributed by atoms with E-state index in [1.807, 2.05) is 39.0 Å². The number of carbonyl (C=O) groups is 1. The van der Waals surface area contributed by atoms with E-state index < -0.39 is 0 Å². The summed E-state index contributed by atoms with van der Waals surface area (Å²) in [6, 6.07) is 5.56. The highest BCUT2D eigenvalue weighted by Gasteiger charge is 2.23. The number of nitrogens with zero attached hydrogens (tertiary/aromatic N) is 5. The van der Waals surface area contributed by atoms with Crippen LogP contribution in [0.2, 0.25) is 0 Å². The Morgan fingerprint density at radius 3 is 2.76 bits per heavy atom. The number of ether oxygens (including phenoxy) is 2. The topological polar surface area (TPSA) is 93.9 Å². The predicted octanol–water partition coefficient (Wildman–Crippen LogP) is 3.08. The molecule has 0 radical (unpaired) electrons. The minimum Gasteiger partial charge on any atom is -0.494 e. The highest BCUT2D eigenvalue weighted by Crippen LogP contribution is 2.29. The number of imidazole rings is 1. The normalized spacial score (nSPS) is 11.3. The molecule has 0 aliphatic heterocycles. The van der Waals surface area contributed by atoms with Crippen LogP contribution in [0.25, 0.3) is 16.9 Å². The number of hydrogen-bond donors (Lipinski definition) is 1. The van der Waals surface area contributed by atoms with Crippen molar-refractivity contribution in [2.24, 2.45) is 0 Å². The van der Waals surface area contributed by atoms with Gasteiger partial charge in [-0.2, -0.15) is 0 Å². The van der Waals surface area contributed by atoms with Crippen LogP contribution in [0.3, 0.4) is 0 Å². The van der Waals surface area contributed by atoms with Crippen LogP contribution < -0.4 is 10.1 Å². The molecule has 1 amide bonds. The van der Waals surface area contributed by atoms with E-state index in [4.69, 9.17) is 9.47 Å². The number of fused-ring (bicyclic) bond motifs is 1. The number of anilines is 1. The third-order valence-corrected chi connectivity index (χ3v) is 4.56. The minimum atomic E-state index is -0.357. The molecule has 0 saturated heterocycles. The molecule has 0 unspecified atom stereocenters. The van der Waals surface area contributed by atoms with Crippen LogP contribution in [0.1, 0.15) is 20.8 Å². The molecule has 0 saturated carbocycles. The number of pyridine rings is 1. The number of hydrogen-bond acceptors (Lipinski definition) is 7. The maximum atomic E-state index is 12.0. The van der Waals surface area contributed by atoms with Gasteiger partial charge in [0, 0.05) is 24.3 Å². The van der Waals surface area contributed by atoms with Gasteiger partial charge in [-0.1, -0.05) is 0 Å². The van der Waals surface area contributed by atoms with Gasteiger partial charge in [-0.05, 0) is 39.0 Å². The smallest absolute Gasteiger partial charge is 0.409 e. The lowest BCUT2D eigenvalue weighted by molar-refractivity contribution is 0.0842. The van der Waals surface area contributed by atoms with Crippen molar-refractivity contribution in [3.8, 4) is 17.0 Å². The van der Waals surface area contributed by atoms with Crippen molar-refractivity contribution in [2.75, 3.05) is 32.6 Å². The Bertz CT molecular complexity index is 995. The van der Waals surface area contributed by atoms with Crippen LogP contribution in [-0.2, 0) is 4.74 Å². The van der Waals surface area contributed by atoms with E-state index in [2.05, 4.69) is 20.4 Å². The lowest BCUT2D eigenvalue weighted by atomic mass is 10.1. The lowest BCUT2D eigenvalue weighted by Gasteiger charge is -2.30. The van der Waals surface area contributed by atoms with Crippen LogP contribution in [0.5, 0.6) is 5.75 Å². The summed E-state index contributed by atoms with van der Waals surface area (Å²) in [6.45, 7) is 6.52. The zero-order valence-corrected chi connectivity index (χ0v) is 17.3. The number of carbonyl (C=O) groups excluding carboxylic acids is 1. The standard InChI is InChI=1S/C20H26N6O3/c1-20(2,3)25(4)19(27)29-11-10-22-17-6-7-18-23-12-15(26(18)24-17)14-8-9-21-13-16(14)28-5/h6-9,12-13H,10-11H2,1-5H3,(H,22,24). The SMILES string of the molecule is COc1cnccc1-c1cnc2ccc(NCCOC(=O)N(C)C(C)(C)C)nn12. The predicted molar refractivity (Wildman–Crippen MR) is 110 cm³/mol. The Morgan fingerprint density at radius 2 is 2.03 bits per heavy atom. The van der Waals surface area contributed by atoms with Crippen molar-refractivity contribution >= 4 is 17.6 Å². The molecule has 0 bridgehead atoms. The van der Waals surface area contributed by atoms with Crippen LogP contribution in [0.15, 0.2) is 36.8 Å². The highest BCUT2D eigenvalue weighted by molar-refractivity contribution is 5.69. The molecule has 0 aliphatic rings. The van der Waals surface area contributed by atoms with Crippen molar-refractivity contribution in [1.29, 1.82) is 0 Å². The number of aromatic nitrogens is 4. The van der Waals surface area contributed by atoms with Crippen molar-refractivity contribution in [1.82, 2.24) is 24.5 Å². The van der Waals surface area contributed by atoms with E-state index in [-0.39, 0.29) is 18.2 Å². The summed E-state index contributed by atoms with van der Waals surface area (Å²) in [4.78, 5) is 22.1. The summed E-state index contributed by atoms with van der Waals surface area (Å²) in [5.41, 5.74) is 2.06. The van der Waals surface area contributed by atoms with Crippen LogP contribution in [-0.4, -0.2) is 63.4 Å². The molecule has 0 aliphatic carbocycles. The molecule has 0 aromatic carbocycles. The molecular weight excluding hydrogens is 372 g/mol. The van der Waals surface area contributed by atoms with Crippen molar-refractivity contribution in [3.05, 3.63) is 36.8 Å². The average Bonchev–Trinajstić information content (AvgIpc) is 3.12. The molecule has 3 aromatic rings. The second kappa shape index (κ2) is 8.34. The fraction of sp³-hybridized carbons (Fsp3) is 0.400. The summed E-state index contributed by atoms with van der Waals surface area (Å²) < 4.78 is 12.4. The van der Waals surface area contributed by atoms with Gasteiger partial charge in [0.05, 0.1) is 31.7 Å². The van der Waals surface area contributed by atoms with Crippen molar-refractivity contribution in [2.45, 2.75) is 26.3 Å². The first-order valence-electron chi connectivity index (χ1n) is 9.29. The lowest BCUT2D eigenvalue weighted by Crippen LogP contribution is -2.43. The monoisotopic (exact) mass is 398 g/mol. The fourth-order valence-corrected chi connectivity index (χ4v) is 2.59. The van der Waals surface area contributed by atoms with Gasteiger partial charge in [0.1, 0.15) is 18.2 Å².